The summed E-state index contributed by atoms with van der Waals surface area (Å²) >= 11 is 0. The zero-order valence-corrected chi connectivity index (χ0v) is 30.4. The van der Waals surface area contributed by atoms with Crippen LogP contribution < -0.4 is 0 Å². The van der Waals surface area contributed by atoms with Crippen LogP contribution in [0.4, 0.5) is 0 Å². The Hall–Kier alpha value is -7.83. The molecule has 8 aromatic carbocycles. The summed E-state index contributed by atoms with van der Waals surface area (Å²) in [6.07, 6.45) is 0. The van der Waals surface area contributed by atoms with Crippen LogP contribution in [0.25, 0.3) is 117 Å². The van der Waals surface area contributed by atoms with E-state index in [0.717, 1.165) is 88.4 Å². The Kier molecular flexibility index (Phi) is 6.83. The molecule has 0 atom stereocenters. The van der Waals surface area contributed by atoms with Gasteiger partial charge >= 0.3 is 0 Å². The third-order valence-corrected chi connectivity index (χ3v) is 11.1. The van der Waals surface area contributed by atoms with Crippen molar-refractivity contribution in [1.29, 1.82) is 0 Å². The molecule has 6 heteroatoms. The Labute approximate surface area is 325 Å². The summed E-state index contributed by atoms with van der Waals surface area (Å²) in [6, 6.07) is 62.6. The van der Waals surface area contributed by atoms with Crippen LogP contribution >= 0.6 is 0 Å². The molecule has 0 saturated heterocycles. The number of hydrogen-bond acceptors (Lipinski definition) is 5. The lowest BCUT2D eigenvalue weighted by Gasteiger charge is -2.08. The first-order chi connectivity index (χ1) is 28.2. The fraction of sp³-hybridized carbons (Fsp3) is 0. The zero-order valence-electron chi connectivity index (χ0n) is 30.4. The van der Waals surface area contributed by atoms with E-state index in [4.69, 9.17) is 23.8 Å². The van der Waals surface area contributed by atoms with Gasteiger partial charge in [0.15, 0.2) is 23.1 Å². The number of nitrogens with zero attached hydrogens (tertiary/aromatic N) is 4. The molecule has 0 bridgehead atoms. The van der Waals surface area contributed by atoms with Crippen LogP contribution in [-0.2, 0) is 0 Å². The van der Waals surface area contributed by atoms with E-state index in [1.165, 1.54) is 10.8 Å². The van der Waals surface area contributed by atoms with Gasteiger partial charge in [0, 0.05) is 54.6 Å². The van der Waals surface area contributed by atoms with Crippen molar-refractivity contribution in [3.63, 3.8) is 0 Å². The van der Waals surface area contributed by atoms with Gasteiger partial charge in [0.2, 0.25) is 0 Å². The lowest BCUT2D eigenvalue weighted by molar-refractivity contribution is 0.666. The lowest BCUT2D eigenvalue weighted by Crippen LogP contribution is -2.00. The van der Waals surface area contributed by atoms with Crippen LogP contribution in [0.5, 0.6) is 0 Å². The average Bonchev–Trinajstić information content (AvgIpc) is 3.96. The third-order valence-electron chi connectivity index (χ3n) is 11.1. The quantitative estimate of drug-likeness (QED) is 0.176. The van der Waals surface area contributed by atoms with Crippen LogP contribution in [0.2, 0.25) is 0 Å². The van der Waals surface area contributed by atoms with Crippen molar-refractivity contribution >= 4 is 65.7 Å². The van der Waals surface area contributed by atoms with E-state index < -0.39 is 0 Å². The number of furan rings is 2. The maximum Gasteiger partial charge on any atom is 0.164 e. The average molecular weight is 731 g/mol. The Bertz CT molecular complexity index is 3410. The minimum atomic E-state index is 0.604. The normalized spacial score (nSPS) is 11.9. The predicted octanol–water partition coefficient (Wildman–Crippen LogP) is 13.4. The van der Waals surface area contributed by atoms with E-state index in [1.54, 1.807) is 0 Å². The van der Waals surface area contributed by atoms with Crippen LogP contribution in [0, 0.1) is 0 Å². The second-order valence-electron chi connectivity index (χ2n) is 14.4. The number of benzene rings is 8. The zero-order chi connectivity index (χ0) is 37.5. The summed E-state index contributed by atoms with van der Waals surface area (Å²) in [5, 5.41) is 6.59. The summed E-state index contributed by atoms with van der Waals surface area (Å²) in [5.41, 5.74) is 11.4. The molecule has 0 fully saturated rings. The molecular weight excluding hydrogens is 701 g/mol. The maximum atomic E-state index is 6.94. The fourth-order valence-electron chi connectivity index (χ4n) is 8.41. The van der Waals surface area contributed by atoms with E-state index in [-0.39, 0.29) is 0 Å². The Morgan fingerprint density at radius 2 is 0.895 bits per heavy atom. The van der Waals surface area contributed by atoms with Gasteiger partial charge in [-0.25, -0.2) is 15.0 Å². The molecule has 0 aliphatic carbocycles. The van der Waals surface area contributed by atoms with Gasteiger partial charge in [0.05, 0.1) is 16.7 Å². The summed E-state index contributed by atoms with van der Waals surface area (Å²) in [6.45, 7) is 0. The van der Waals surface area contributed by atoms with Gasteiger partial charge in [-0.15, -0.1) is 0 Å². The molecule has 0 N–H and O–H groups in total. The highest BCUT2D eigenvalue weighted by molar-refractivity contribution is 6.15. The first-order valence-corrected chi connectivity index (χ1v) is 19.0. The van der Waals surface area contributed by atoms with Gasteiger partial charge in [-0.2, -0.15) is 0 Å². The molecule has 4 aromatic heterocycles. The molecule has 0 aliphatic heterocycles. The van der Waals surface area contributed by atoms with Gasteiger partial charge in [-0.05, 0) is 54.1 Å². The summed E-state index contributed by atoms with van der Waals surface area (Å²) in [7, 11) is 0. The minimum Gasteiger partial charge on any atom is -0.456 e. The van der Waals surface area contributed by atoms with E-state index >= 15 is 0 Å². The highest BCUT2D eigenvalue weighted by Gasteiger charge is 2.20. The van der Waals surface area contributed by atoms with Crippen molar-refractivity contribution in [1.82, 2.24) is 19.5 Å². The number of para-hydroxylation sites is 4. The summed E-state index contributed by atoms with van der Waals surface area (Å²) in [5.74, 6) is 1.86. The number of fused-ring (bicyclic) bond motifs is 9. The van der Waals surface area contributed by atoms with Crippen molar-refractivity contribution in [3.8, 4) is 51.0 Å². The van der Waals surface area contributed by atoms with E-state index in [1.807, 2.05) is 72.8 Å². The molecule has 0 amide bonds. The second kappa shape index (κ2) is 12.3. The molecule has 0 unspecified atom stereocenters. The fourth-order valence-corrected chi connectivity index (χ4v) is 8.41. The molecule has 6 nitrogen and oxygen atoms in total. The largest absolute Gasteiger partial charge is 0.456 e. The van der Waals surface area contributed by atoms with Crippen LogP contribution in [0.1, 0.15) is 0 Å². The van der Waals surface area contributed by atoms with Gasteiger partial charge in [-0.3, -0.25) is 0 Å². The molecule has 12 aromatic rings. The number of rotatable bonds is 5. The third kappa shape index (κ3) is 4.94. The monoisotopic (exact) mass is 730 g/mol. The van der Waals surface area contributed by atoms with Crippen LogP contribution in [0.15, 0.2) is 191 Å². The molecule has 0 aliphatic rings. The SMILES string of the molecule is c1ccc(-c2nc(-c3ccccc3)nc(-c3ccc4oc5cc(-c6cccc7c6oc6c(-n8c9ccccc9c9ccccc98)cccc67)ccc5c4c3)n2)cc1. The van der Waals surface area contributed by atoms with E-state index in [0.29, 0.717) is 17.5 Å². The smallest absolute Gasteiger partial charge is 0.164 e. The van der Waals surface area contributed by atoms with Gasteiger partial charge < -0.3 is 13.4 Å². The highest BCUT2D eigenvalue weighted by atomic mass is 16.3. The number of aromatic nitrogens is 4. The van der Waals surface area contributed by atoms with Crippen molar-refractivity contribution in [2.75, 3.05) is 0 Å². The first kappa shape index (κ1) is 31.5. The Balaban J connectivity index is 0.985. The standard InChI is InChI=1S/C51H30N4O2/c1-3-13-31(14-4-1)49-52-50(32-15-5-2-6-16-32)54-51(53-49)34-26-28-45-41(29-34)38-27-25-33(30-46(38)56-45)35-19-11-20-39-40-21-12-24-44(48(40)57-47(35)39)55-42-22-9-7-17-36(42)37-18-8-10-23-43(37)55/h1-30H. The van der Waals surface area contributed by atoms with Crippen LogP contribution in [-0.4, -0.2) is 19.5 Å². The lowest BCUT2D eigenvalue weighted by atomic mass is 10.0. The molecule has 0 spiro atoms. The first-order valence-electron chi connectivity index (χ1n) is 19.0. The molecule has 0 radical (unpaired) electrons. The number of hydrogen-bond donors (Lipinski definition) is 0. The molecule has 4 heterocycles. The van der Waals surface area contributed by atoms with Crippen molar-refractivity contribution in [2.45, 2.75) is 0 Å². The molecule has 0 saturated carbocycles. The van der Waals surface area contributed by atoms with Crippen molar-refractivity contribution < 1.29 is 8.83 Å². The van der Waals surface area contributed by atoms with E-state index in [2.05, 4.69) is 114 Å². The van der Waals surface area contributed by atoms with Gasteiger partial charge in [0.1, 0.15) is 16.7 Å². The Morgan fingerprint density at radius 1 is 0.333 bits per heavy atom. The molecule has 12 rings (SSSR count). The minimum absolute atomic E-state index is 0.604. The molecule has 266 valence electrons. The Morgan fingerprint density at radius 3 is 1.58 bits per heavy atom. The van der Waals surface area contributed by atoms with Crippen molar-refractivity contribution in [3.05, 3.63) is 182 Å². The molecule has 57 heavy (non-hydrogen) atoms. The van der Waals surface area contributed by atoms with E-state index in [9.17, 15) is 0 Å². The molecular formula is C51H30N4O2. The van der Waals surface area contributed by atoms with Crippen LogP contribution in [0.3, 0.4) is 0 Å². The predicted molar refractivity (Wildman–Crippen MR) is 230 cm³/mol. The highest BCUT2D eigenvalue weighted by Crippen LogP contribution is 2.42. The van der Waals surface area contributed by atoms with Gasteiger partial charge in [0.25, 0.3) is 0 Å². The summed E-state index contributed by atoms with van der Waals surface area (Å²) in [4.78, 5) is 14.8. The summed E-state index contributed by atoms with van der Waals surface area (Å²) < 4.78 is 15.8. The van der Waals surface area contributed by atoms with Gasteiger partial charge in [-0.1, -0.05) is 133 Å². The van der Waals surface area contributed by atoms with Crippen molar-refractivity contribution in [2.24, 2.45) is 0 Å². The second-order valence-corrected chi connectivity index (χ2v) is 14.4. The topological polar surface area (TPSA) is 69.9 Å². The maximum absolute atomic E-state index is 6.94.